The van der Waals surface area contributed by atoms with E-state index in [1.807, 2.05) is 48.5 Å². The van der Waals surface area contributed by atoms with Gasteiger partial charge in [-0.2, -0.15) is 0 Å². The van der Waals surface area contributed by atoms with Crippen molar-refractivity contribution in [3.8, 4) is 17.1 Å². The highest BCUT2D eigenvalue weighted by Gasteiger charge is 2.10. The normalized spacial score (nSPS) is 10.2. The Morgan fingerprint density at radius 2 is 1.88 bits per heavy atom. The van der Waals surface area contributed by atoms with Crippen LogP contribution in [0.15, 0.2) is 65.1 Å². The monoisotopic (exact) mass is 383 g/mol. The van der Waals surface area contributed by atoms with Crippen LogP contribution in [-0.2, 0) is 0 Å². The molecule has 1 heterocycles. The molecule has 120 valence electrons. The van der Waals surface area contributed by atoms with Crippen molar-refractivity contribution in [2.45, 2.75) is 0 Å². The second-order valence-electron chi connectivity index (χ2n) is 4.98. The number of anilines is 1. The zero-order chi connectivity index (χ0) is 16.9. The van der Waals surface area contributed by atoms with E-state index in [2.05, 4.69) is 31.4 Å². The van der Waals surface area contributed by atoms with Crippen LogP contribution in [-0.4, -0.2) is 23.2 Å². The van der Waals surface area contributed by atoms with Crippen LogP contribution in [0, 0.1) is 0 Å². The highest BCUT2D eigenvalue weighted by atomic mass is 79.9. The van der Waals surface area contributed by atoms with Gasteiger partial charge in [-0.05, 0) is 46.3 Å². The Morgan fingerprint density at radius 1 is 1.04 bits per heavy atom. The van der Waals surface area contributed by atoms with Crippen molar-refractivity contribution in [2.24, 2.45) is 0 Å². The average Bonchev–Trinajstić information content (AvgIpc) is 2.62. The Kier molecular flexibility index (Phi) is 4.86. The zero-order valence-corrected chi connectivity index (χ0v) is 14.4. The average molecular weight is 384 g/mol. The number of carbonyl (C=O) groups is 1. The number of carbonyl (C=O) groups excluding carboxylic acids is 1. The quantitative estimate of drug-likeness (QED) is 0.734. The predicted molar refractivity (Wildman–Crippen MR) is 96.1 cm³/mol. The van der Waals surface area contributed by atoms with Gasteiger partial charge >= 0.3 is 0 Å². The third-order valence-electron chi connectivity index (χ3n) is 3.38. The molecule has 1 aromatic heterocycles. The molecule has 0 saturated heterocycles. The molecule has 24 heavy (non-hydrogen) atoms. The number of amides is 1. The fraction of sp³-hybridized carbons (Fsp3) is 0.0556. The lowest BCUT2D eigenvalue weighted by molar-refractivity contribution is 0.102. The van der Waals surface area contributed by atoms with E-state index in [9.17, 15) is 4.79 Å². The summed E-state index contributed by atoms with van der Waals surface area (Å²) in [6.07, 6.45) is 0. The van der Waals surface area contributed by atoms with Gasteiger partial charge in [-0.15, -0.1) is 10.2 Å². The number of ether oxygens (including phenoxy) is 1. The predicted octanol–water partition coefficient (Wildman–Crippen LogP) is 4.17. The molecule has 3 aromatic rings. The fourth-order valence-corrected chi connectivity index (χ4v) is 2.65. The van der Waals surface area contributed by atoms with E-state index in [4.69, 9.17) is 4.74 Å². The first-order chi connectivity index (χ1) is 11.7. The molecule has 1 N–H and O–H groups in total. The van der Waals surface area contributed by atoms with Gasteiger partial charge < -0.3 is 10.1 Å². The van der Waals surface area contributed by atoms with Crippen LogP contribution in [0.4, 0.5) is 5.69 Å². The van der Waals surface area contributed by atoms with Gasteiger partial charge in [-0.25, -0.2) is 0 Å². The molecule has 6 heteroatoms. The number of hydrogen-bond acceptors (Lipinski definition) is 4. The van der Waals surface area contributed by atoms with Gasteiger partial charge in [0.05, 0.1) is 18.4 Å². The van der Waals surface area contributed by atoms with Crippen molar-refractivity contribution in [3.05, 3.63) is 70.7 Å². The van der Waals surface area contributed by atoms with E-state index in [0.29, 0.717) is 22.8 Å². The second kappa shape index (κ2) is 7.23. The van der Waals surface area contributed by atoms with Crippen LogP contribution in [0.1, 0.15) is 10.4 Å². The first-order valence-electron chi connectivity index (χ1n) is 7.21. The number of nitrogens with zero attached hydrogens (tertiary/aromatic N) is 2. The summed E-state index contributed by atoms with van der Waals surface area (Å²) >= 11 is 3.38. The van der Waals surface area contributed by atoms with Gasteiger partial charge in [0.1, 0.15) is 0 Å². The Hall–Kier alpha value is -2.73. The molecule has 0 unspecified atom stereocenters. The Balaban J connectivity index is 1.82. The summed E-state index contributed by atoms with van der Waals surface area (Å²) in [5.74, 6) is 0.276. The van der Waals surface area contributed by atoms with E-state index >= 15 is 0 Å². The Morgan fingerprint density at radius 3 is 2.58 bits per heavy atom. The van der Waals surface area contributed by atoms with E-state index in [1.54, 1.807) is 19.2 Å². The summed E-state index contributed by atoms with van der Waals surface area (Å²) in [5, 5.41) is 11.0. The first kappa shape index (κ1) is 16.1. The zero-order valence-electron chi connectivity index (χ0n) is 12.9. The summed E-state index contributed by atoms with van der Waals surface area (Å²) in [7, 11) is 1.54. The summed E-state index contributed by atoms with van der Waals surface area (Å²) in [6.45, 7) is 0. The fourth-order valence-electron chi connectivity index (χ4n) is 2.18. The molecule has 0 spiro atoms. The number of nitrogens with one attached hydrogen (secondary N) is 1. The van der Waals surface area contributed by atoms with Gasteiger partial charge in [-0.3, -0.25) is 4.79 Å². The Bertz CT molecular complexity index is 866. The first-order valence-corrected chi connectivity index (χ1v) is 8.01. The van der Waals surface area contributed by atoms with Crippen LogP contribution in [0.3, 0.4) is 0 Å². The molecule has 0 aliphatic rings. The molecular weight excluding hydrogens is 370 g/mol. The molecule has 0 saturated carbocycles. The minimum absolute atomic E-state index is 0.180. The maximum Gasteiger partial charge on any atom is 0.256 e. The molecule has 0 bridgehead atoms. The number of methoxy groups -OCH3 is 1. The SMILES string of the molecule is COc1ccc(-c2cccc(NC(=O)c3ccccc3Br)c2)nn1. The summed E-state index contributed by atoms with van der Waals surface area (Å²) < 4.78 is 5.76. The lowest BCUT2D eigenvalue weighted by Crippen LogP contribution is -2.12. The molecule has 0 aliphatic heterocycles. The van der Waals surface area contributed by atoms with Gasteiger partial charge in [0.25, 0.3) is 5.91 Å². The number of hydrogen-bond donors (Lipinski definition) is 1. The van der Waals surface area contributed by atoms with Crippen LogP contribution in [0.5, 0.6) is 5.88 Å². The number of benzene rings is 2. The van der Waals surface area contributed by atoms with Gasteiger partial charge in [0.2, 0.25) is 5.88 Å². The lowest BCUT2D eigenvalue weighted by atomic mass is 10.1. The van der Waals surface area contributed by atoms with Gasteiger partial charge in [0, 0.05) is 21.8 Å². The lowest BCUT2D eigenvalue weighted by Gasteiger charge is -2.08. The van der Waals surface area contributed by atoms with Crippen molar-refractivity contribution in [1.82, 2.24) is 10.2 Å². The van der Waals surface area contributed by atoms with Crippen molar-refractivity contribution in [1.29, 1.82) is 0 Å². The molecule has 0 radical (unpaired) electrons. The second-order valence-corrected chi connectivity index (χ2v) is 5.83. The number of rotatable bonds is 4. The topological polar surface area (TPSA) is 64.1 Å². The number of aromatic nitrogens is 2. The summed E-state index contributed by atoms with van der Waals surface area (Å²) in [5.41, 5.74) is 2.82. The minimum atomic E-state index is -0.180. The van der Waals surface area contributed by atoms with Crippen molar-refractivity contribution >= 4 is 27.5 Å². The third kappa shape index (κ3) is 3.60. The minimum Gasteiger partial charge on any atom is -0.480 e. The van der Waals surface area contributed by atoms with E-state index in [0.717, 1.165) is 10.0 Å². The molecule has 2 aromatic carbocycles. The summed E-state index contributed by atoms with van der Waals surface area (Å²) in [6, 6.07) is 18.3. The molecule has 0 atom stereocenters. The molecular formula is C18H14BrN3O2. The molecule has 0 aliphatic carbocycles. The standard InChI is InChI=1S/C18H14BrN3O2/c1-24-17-10-9-16(21-22-17)12-5-4-6-13(11-12)20-18(23)14-7-2-3-8-15(14)19/h2-11H,1H3,(H,20,23). The van der Waals surface area contributed by atoms with Crippen molar-refractivity contribution in [2.75, 3.05) is 12.4 Å². The van der Waals surface area contributed by atoms with Gasteiger partial charge in [-0.1, -0.05) is 24.3 Å². The van der Waals surface area contributed by atoms with Gasteiger partial charge in [0.15, 0.2) is 0 Å². The van der Waals surface area contributed by atoms with Crippen molar-refractivity contribution < 1.29 is 9.53 Å². The Labute approximate surface area is 147 Å². The van der Waals surface area contributed by atoms with Crippen molar-refractivity contribution in [3.63, 3.8) is 0 Å². The summed E-state index contributed by atoms with van der Waals surface area (Å²) in [4.78, 5) is 12.4. The molecule has 0 fully saturated rings. The van der Waals surface area contributed by atoms with Crippen LogP contribution >= 0.6 is 15.9 Å². The highest BCUT2D eigenvalue weighted by molar-refractivity contribution is 9.10. The largest absolute Gasteiger partial charge is 0.480 e. The van der Waals surface area contributed by atoms with Crippen LogP contribution in [0.25, 0.3) is 11.3 Å². The number of halogens is 1. The van der Waals surface area contributed by atoms with E-state index < -0.39 is 0 Å². The van der Waals surface area contributed by atoms with Crippen LogP contribution < -0.4 is 10.1 Å². The highest BCUT2D eigenvalue weighted by Crippen LogP contribution is 2.23. The van der Waals surface area contributed by atoms with E-state index in [-0.39, 0.29) is 5.91 Å². The van der Waals surface area contributed by atoms with E-state index in [1.165, 1.54) is 0 Å². The third-order valence-corrected chi connectivity index (χ3v) is 4.08. The molecule has 1 amide bonds. The van der Waals surface area contributed by atoms with Crippen LogP contribution in [0.2, 0.25) is 0 Å². The maximum atomic E-state index is 12.4. The smallest absolute Gasteiger partial charge is 0.256 e. The molecule has 3 rings (SSSR count). The maximum absolute atomic E-state index is 12.4. The molecule has 5 nitrogen and oxygen atoms in total.